The van der Waals surface area contributed by atoms with Gasteiger partial charge in [0.05, 0.1) is 0 Å². The van der Waals surface area contributed by atoms with Crippen molar-refractivity contribution in [2.45, 2.75) is 45.8 Å². The van der Waals surface area contributed by atoms with Crippen molar-refractivity contribution >= 4 is 5.91 Å². The van der Waals surface area contributed by atoms with Crippen molar-refractivity contribution in [2.75, 3.05) is 19.8 Å². The molecule has 5 nitrogen and oxygen atoms in total. The molecule has 1 amide bonds. The van der Waals surface area contributed by atoms with Gasteiger partial charge in [-0.25, -0.2) is 0 Å². The number of carbonyl (C=O) groups is 1. The van der Waals surface area contributed by atoms with E-state index in [2.05, 4.69) is 12.2 Å². The van der Waals surface area contributed by atoms with Crippen LogP contribution < -0.4 is 5.32 Å². The second-order valence-electron chi connectivity index (χ2n) is 6.01. The molecule has 1 heterocycles. The molecule has 2 rings (SSSR count). The third-order valence-electron chi connectivity index (χ3n) is 4.18. The third kappa shape index (κ3) is 4.71. The van der Waals surface area contributed by atoms with Crippen molar-refractivity contribution in [3.05, 3.63) is 11.8 Å². The number of nitrogens with one attached hydrogen (secondary N) is 1. The molecule has 5 heteroatoms. The van der Waals surface area contributed by atoms with E-state index in [1.807, 2.05) is 13.0 Å². The third-order valence-corrected chi connectivity index (χ3v) is 4.18. The minimum Gasteiger partial charge on any atom is -0.459 e. The zero-order chi connectivity index (χ0) is 15.2. The first-order valence-corrected chi connectivity index (χ1v) is 8.04. The molecule has 2 aliphatic rings. The van der Waals surface area contributed by atoms with E-state index in [0.717, 1.165) is 19.4 Å². The highest BCUT2D eigenvalue weighted by atomic mass is 16.7. The van der Waals surface area contributed by atoms with Gasteiger partial charge >= 0.3 is 0 Å². The summed E-state index contributed by atoms with van der Waals surface area (Å²) in [6, 6.07) is 0. The lowest BCUT2D eigenvalue weighted by molar-refractivity contribution is -0.171. The van der Waals surface area contributed by atoms with Crippen LogP contribution in [0.1, 0.15) is 39.5 Å². The molecule has 0 unspecified atom stereocenters. The monoisotopic (exact) mass is 297 g/mol. The van der Waals surface area contributed by atoms with Gasteiger partial charge in [-0.1, -0.05) is 6.92 Å². The topological polar surface area (TPSA) is 67.8 Å². The molecule has 0 bridgehead atoms. The predicted octanol–water partition coefficient (Wildman–Crippen LogP) is 1.81. The minimum absolute atomic E-state index is 0.140. The van der Waals surface area contributed by atoms with E-state index < -0.39 is 6.29 Å². The average molecular weight is 297 g/mol. The van der Waals surface area contributed by atoms with Crippen LogP contribution >= 0.6 is 0 Å². The van der Waals surface area contributed by atoms with Crippen molar-refractivity contribution < 1.29 is 19.4 Å². The first-order valence-electron chi connectivity index (χ1n) is 8.04. The highest BCUT2D eigenvalue weighted by molar-refractivity contribution is 5.91. The molecule has 21 heavy (non-hydrogen) atoms. The van der Waals surface area contributed by atoms with Gasteiger partial charge in [0, 0.05) is 25.7 Å². The maximum atomic E-state index is 12.1. The molecule has 0 aromatic heterocycles. The van der Waals surface area contributed by atoms with Gasteiger partial charge in [-0.15, -0.1) is 0 Å². The molecule has 2 N–H and O–H groups in total. The summed E-state index contributed by atoms with van der Waals surface area (Å²) < 4.78 is 11.4. The lowest BCUT2D eigenvalue weighted by Gasteiger charge is -2.35. The number of hydrogen-bond donors (Lipinski definition) is 2. The summed E-state index contributed by atoms with van der Waals surface area (Å²) in [4.78, 5) is 12.1. The van der Waals surface area contributed by atoms with Crippen molar-refractivity contribution in [2.24, 2.45) is 17.8 Å². The predicted molar refractivity (Wildman–Crippen MR) is 79.3 cm³/mol. The van der Waals surface area contributed by atoms with E-state index in [-0.39, 0.29) is 24.3 Å². The van der Waals surface area contributed by atoms with Crippen LogP contribution in [0.4, 0.5) is 0 Å². The first kappa shape index (κ1) is 16.3. The van der Waals surface area contributed by atoms with Gasteiger partial charge in [-0.3, -0.25) is 4.79 Å². The standard InChI is InChI=1S/C16H27NO4/c1-3-20-16-13(5-4-8-18)11(2)9-14(21-16)15(19)17-10-12-6-7-12/h9,11-13,16,18H,3-8,10H2,1-2H3,(H,17,19)/t11-,13+,16+/m1/s1. The lowest BCUT2D eigenvalue weighted by Crippen LogP contribution is -2.39. The quantitative estimate of drug-likeness (QED) is 0.717. The van der Waals surface area contributed by atoms with Gasteiger partial charge in [-0.05, 0) is 50.5 Å². The maximum absolute atomic E-state index is 12.1. The van der Waals surface area contributed by atoms with Crippen LogP contribution in [0.3, 0.4) is 0 Å². The zero-order valence-electron chi connectivity index (χ0n) is 13.0. The molecule has 0 spiro atoms. The Bertz CT molecular complexity index is 378. The zero-order valence-corrected chi connectivity index (χ0v) is 13.0. The summed E-state index contributed by atoms with van der Waals surface area (Å²) in [5.74, 6) is 1.26. The fourth-order valence-electron chi connectivity index (χ4n) is 2.69. The molecule has 1 fully saturated rings. The summed E-state index contributed by atoms with van der Waals surface area (Å²) in [6.07, 6.45) is 5.46. The van der Waals surface area contributed by atoms with E-state index in [0.29, 0.717) is 18.3 Å². The Hall–Kier alpha value is -1.07. The van der Waals surface area contributed by atoms with Gasteiger partial charge in [-0.2, -0.15) is 0 Å². The van der Waals surface area contributed by atoms with Crippen LogP contribution in [0.25, 0.3) is 0 Å². The van der Waals surface area contributed by atoms with E-state index >= 15 is 0 Å². The van der Waals surface area contributed by atoms with Crippen molar-refractivity contribution in [3.63, 3.8) is 0 Å². The van der Waals surface area contributed by atoms with Crippen molar-refractivity contribution in [1.82, 2.24) is 5.32 Å². The fraction of sp³-hybridized carbons (Fsp3) is 0.812. The van der Waals surface area contributed by atoms with Crippen molar-refractivity contribution in [3.8, 4) is 0 Å². The molecule has 0 saturated heterocycles. The summed E-state index contributed by atoms with van der Waals surface area (Å²) in [5, 5.41) is 11.9. The summed E-state index contributed by atoms with van der Waals surface area (Å²) in [6.45, 7) is 5.44. The number of amides is 1. The van der Waals surface area contributed by atoms with Gasteiger partial charge in [0.1, 0.15) is 0 Å². The van der Waals surface area contributed by atoms with Gasteiger partial charge in [0.15, 0.2) is 5.76 Å². The van der Waals surface area contributed by atoms with Crippen LogP contribution in [0.2, 0.25) is 0 Å². The Morgan fingerprint density at radius 3 is 2.90 bits per heavy atom. The second-order valence-corrected chi connectivity index (χ2v) is 6.01. The fourth-order valence-corrected chi connectivity index (χ4v) is 2.69. The molecule has 0 aromatic rings. The number of aliphatic hydroxyl groups is 1. The Kier molecular flexibility index (Phi) is 6.06. The number of aliphatic hydroxyl groups excluding tert-OH is 1. The SMILES string of the molecule is CCO[C@H]1OC(C(=O)NCC2CC2)=C[C@@H](C)[C@@H]1CCCO. The maximum Gasteiger partial charge on any atom is 0.286 e. The number of rotatable bonds is 8. The molecule has 1 saturated carbocycles. The van der Waals surface area contributed by atoms with E-state index in [9.17, 15) is 4.79 Å². The lowest BCUT2D eigenvalue weighted by atomic mass is 9.87. The normalized spacial score (nSPS) is 28.7. The first-order chi connectivity index (χ1) is 10.2. The number of hydrogen-bond acceptors (Lipinski definition) is 4. The van der Waals surface area contributed by atoms with Crippen LogP contribution in [-0.2, 0) is 14.3 Å². The van der Waals surface area contributed by atoms with Crippen LogP contribution in [0, 0.1) is 17.8 Å². The molecule has 0 radical (unpaired) electrons. The number of ether oxygens (including phenoxy) is 2. The van der Waals surface area contributed by atoms with Crippen LogP contribution in [0.5, 0.6) is 0 Å². The van der Waals surface area contributed by atoms with Crippen LogP contribution in [0.15, 0.2) is 11.8 Å². The van der Waals surface area contributed by atoms with E-state index in [1.54, 1.807) is 0 Å². The summed E-state index contributed by atoms with van der Waals surface area (Å²) in [7, 11) is 0. The van der Waals surface area contributed by atoms with Crippen molar-refractivity contribution in [1.29, 1.82) is 0 Å². The molecular weight excluding hydrogens is 270 g/mol. The van der Waals surface area contributed by atoms with Crippen LogP contribution in [-0.4, -0.2) is 37.1 Å². The number of allylic oxidation sites excluding steroid dienone is 1. The Labute approximate surface area is 126 Å². The van der Waals surface area contributed by atoms with E-state index in [4.69, 9.17) is 14.6 Å². The minimum atomic E-state index is -0.400. The largest absolute Gasteiger partial charge is 0.459 e. The molecule has 1 aliphatic heterocycles. The molecule has 3 atom stereocenters. The highest BCUT2D eigenvalue weighted by Gasteiger charge is 2.35. The average Bonchev–Trinajstić information content (AvgIpc) is 3.28. The summed E-state index contributed by atoms with van der Waals surface area (Å²) in [5.41, 5.74) is 0. The number of carbonyl (C=O) groups excluding carboxylic acids is 1. The Balaban J connectivity index is 1.96. The van der Waals surface area contributed by atoms with Gasteiger partial charge < -0.3 is 19.9 Å². The Morgan fingerprint density at radius 2 is 2.29 bits per heavy atom. The summed E-state index contributed by atoms with van der Waals surface area (Å²) >= 11 is 0. The molecule has 1 aliphatic carbocycles. The highest BCUT2D eigenvalue weighted by Crippen LogP contribution is 2.33. The molecular formula is C16H27NO4. The van der Waals surface area contributed by atoms with E-state index in [1.165, 1.54) is 12.8 Å². The van der Waals surface area contributed by atoms with Gasteiger partial charge in [0.25, 0.3) is 5.91 Å². The molecule has 0 aromatic carbocycles. The molecule has 120 valence electrons. The Morgan fingerprint density at radius 1 is 1.52 bits per heavy atom. The second kappa shape index (κ2) is 7.80. The van der Waals surface area contributed by atoms with Gasteiger partial charge in [0.2, 0.25) is 6.29 Å². The smallest absolute Gasteiger partial charge is 0.286 e.